The van der Waals surface area contributed by atoms with Crippen molar-refractivity contribution in [3.8, 4) is 0 Å². The van der Waals surface area contributed by atoms with Gasteiger partial charge in [0.1, 0.15) is 5.60 Å². The molecule has 0 unspecified atom stereocenters. The second-order valence-electron chi connectivity index (χ2n) is 5.63. The molecule has 1 aliphatic heterocycles. The summed E-state index contributed by atoms with van der Waals surface area (Å²) in [7, 11) is 0. The summed E-state index contributed by atoms with van der Waals surface area (Å²) in [4.78, 5) is 13.9. The number of rotatable bonds is 0. The summed E-state index contributed by atoms with van der Waals surface area (Å²) < 4.78 is 6.47. The van der Waals surface area contributed by atoms with Crippen molar-refractivity contribution >= 4 is 22.0 Å². The average molecular weight is 312 g/mol. The Hall–Kier alpha value is -1.03. The number of ether oxygens (including phenoxy) is 1. The van der Waals surface area contributed by atoms with Crippen LogP contribution in [-0.4, -0.2) is 16.6 Å². The van der Waals surface area contributed by atoms with Gasteiger partial charge in [0, 0.05) is 4.47 Å². The zero-order chi connectivity index (χ0) is 13.5. The monoisotopic (exact) mass is 311 g/mol. The second-order valence-corrected chi connectivity index (χ2v) is 6.54. The molecule has 0 aliphatic carbocycles. The van der Waals surface area contributed by atoms with Gasteiger partial charge in [-0.3, -0.25) is 4.90 Å². The first kappa shape index (κ1) is 13.4. The minimum Gasteiger partial charge on any atom is -0.444 e. The molecule has 98 valence electrons. The fraction of sp³-hybridized carbons (Fsp3) is 0.500. The van der Waals surface area contributed by atoms with Gasteiger partial charge in [-0.05, 0) is 51.0 Å². The second kappa shape index (κ2) is 4.57. The first-order chi connectivity index (χ1) is 8.28. The molecule has 1 atom stereocenters. The van der Waals surface area contributed by atoms with Crippen molar-refractivity contribution in [1.82, 2.24) is 4.90 Å². The van der Waals surface area contributed by atoms with E-state index in [2.05, 4.69) is 28.1 Å². The van der Waals surface area contributed by atoms with Crippen LogP contribution in [0, 0.1) is 0 Å². The molecule has 0 spiro atoms. The van der Waals surface area contributed by atoms with E-state index < -0.39 is 5.60 Å². The van der Waals surface area contributed by atoms with Gasteiger partial charge in [0.05, 0.1) is 12.6 Å². The molecule has 0 saturated heterocycles. The summed E-state index contributed by atoms with van der Waals surface area (Å²) >= 11 is 3.46. The Labute approximate surface area is 116 Å². The van der Waals surface area contributed by atoms with E-state index in [-0.39, 0.29) is 12.1 Å². The van der Waals surface area contributed by atoms with Gasteiger partial charge in [-0.25, -0.2) is 4.79 Å². The highest BCUT2D eigenvalue weighted by Gasteiger charge is 2.33. The van der Waals surface area contributed by atoms with E-state index in [1.54, 1.807) is 4.90 Å². The van der Waals surface area contributed by atoms with Crippen LogP contribution >= 0.6 is 15.9 Å². The molecule has 18 heavy (non-hydrogen) atoms. The Morgan fingerprint density at radius 1 is 1.44 bits per heavy atom. The maximum atomic E-state index is 12.1. The van der Waals surface area contributed by atoms with E-state index in [9.17, 15) is 4.79 Å². The summed E-state index contributed by atoms with van der Waals surface area (Å²) in [6.07, 6.45) is -0.248. The van der Waals surface area contributed by atoms with Crippen LogP contribution in [0.15, 0.2) is 22.7 Å². The van der Waals surface area contributed by atoms with Crippen LogP contribution < -0.4 is 0 Å². The molecule has 0 fully saturated rings. The lowest BCUT2D eigenvalue weighted by Gasteiger charge is -2.27. The minimum absolute atomic E-state index is 0.0722. The molecule has 0 radical (unpaired) electrons. The summed E-state index contributed by atoms with van der Waals surface area (Å²) in [5.74, 6) is 0. The predicted octanol–water partition coefficient (Wildman–Crippen LogP) is 4.26. The molecule has 4 heteroatoms. The molecule has 1 aliphatic rings. The van der Waals surface area contributed by atoms with E-state index in [4.69, 9.17) is 4.74 Å². The highest BCUT2D eigenvalue weighted by Crippen LogP contribution is 2.35. The van der Waals surface area contributed by atoms with Crippen molar-refractivity contribution in [3.63, 3.8) is 0 Å². The van der Waals surface area contributed by atoms with Crippen LogP contribution in [0.5, 0.6) is 0 Å². The molecule has 1 aromatic carbocycles. The lowest BCUT2D eigenvalue weighted by Crippen LogP contribution is -2.34. The lowest BCUT2D eigenvalue weighted by molar-refractivity contribution is 0.0187. The van der Waals surface area contributed by atoms with Gasteiger partial charge in [0.15, 0.2) is 0 Å². The zero-order valence-corrected chi connectivity index (χ0v) is 12.7. The Morgan fingerprint density at radius 3 is 2.72 bits per heavy atom. The normalized spacial score (nSPS) is 18.7. The molecular weight excluding hydrogens is 294 g/mol. The number of hydrogen-bond donors (Lipinski definition) is 0. The van der Waals surface area contributed by atoms with Crippen molar-refractivity contribution in [3.05, 3.63) is 33.8 Å². The third kappa shape index (κ3) is 2.69. The summed E-state index contributed by atoms with van der Waals surface area (Å²) in [6, 6.07) is 6.21. The zero-order valence-electron chi connectivity index (χ0n) is 11.2. The van der Waals surface area contributed by atoms with E-state index in [0.717, 1.165) is 4.47 Å². The predicted molar refractivity (Wildman–Crippen MR) is 74.3 cm³/mol. The topological polar surface area (TPSA) is 29.5 Å². The molecule has 3 nitrogen and oxygen atoms in total. The summed E-state index contributed by atoms with van der Waals surface area (Å²) in [6.45, 7) is 8.30. The van der Waals surface area contributed by atoms with Gasteiger partial charge >= 0.3 is 6.09 Å². The number of hydrogen-bond acceptors (Lipinski definition) is 2. The third-order valence-corrected chi connectivity index (χ3v) is 3.48. The average Bonchev–Trinajstić information content (AvgIpc) is 2.53. The standard InChI is InChI=1S/C14H18BrNO2/c1-9-12-6-5-11(15)7-10(12)8-16(9)13(17)18-14(2,3)4/h5-7,9H,8H2,1-4H3/t9-/m1/s1. The van der Waals surface area contributed by atoms with Gasteiger partial charge in [0.2, 0.25) is 0 Å². The van der Waals surface area contributed by atoms with Crippen LogP contribution in [0.1, 0.15) is 44.9 Å². The minimum atomic E-state index is -0.452. The molecular formula is C14H18BrNO2. The Kier molecular flexibility index (Phi) is 3.41. The molecule has 1 amide bonds. The highest BCUT2D eigenvalue weighted by molar-refractivity contribution is 9.10. The van der Waals surface area contributed by atoms with Crippen molar-refractivity contribution in [1.29, 1.82) is 0 Å². The maximum Gasteiger partial charge on any atom is 0.411 e. The number of carbonyl (C=O) groups excluding carboxylic acids is 1. The number of fused-ring (bicyclic) bond motifs is 1. The summed E-state index contributed by atoms with van der Waals surface area (Å²) in [5.41, 5.74) is 1.93. The third-order valence-electron chi connectivity index (χ3n) is 2.99. The maximum absolute atomic E-state index is 12.1. The fourth-order valence-electron chi connectivity index (χ4n) is 2.15. The Bertz CT molecular complexity index is 479. The highest BCUT2D eigenvalue weighted by atomic mass is 79.9. The molecule has 0 N–H and O–H groups in total. The largest absolute Gasteiger partial charge is 0.444 e. The van der Waals surface area contributed by atoms with Gasteiger partial charge in [-0.15, -0.1) is 0 Å². The van der Waals surface area contributed by atoms with E-state index in [1.807, 2.05) is 33.8 Å². The fourth-order valence-corrected chi connectivity index (χ4v) is 2.56. The van der Waals surface area contributed by atoms with Crippen LogP contribution in [-0.2, 0) is 11.3 Å². The number of carbonyl (C=O) groups is 1. The van der Waals surface area contributed by atoms with Crippen molar-refractivity contribution in [2.24, 2.45) is 0 Å². The van der Waals surface area contributed by atoms with Gasteiger partial charge in [-0.1, -0.05) is 22.0 Å². The van der Waals surface area contributed by atoms with Crippen LogP contribution in [0.25, 0.3) is 0 Å². The van der Waals surface area contributed by atoms with Crippen molar-refractivity contribution in [2.75, 3.05) is 0 Å². The first-order valence-electron chi connectivity index (χ1n) is 6.06. The lowest BCUT2D eigenvalue weighted by atomic mass is 10.1. The number of amides is 1. The van der Waals surface area contributed by atoms with Crippen molar-refractivity contribution < 1.29 is 9.53 Å². The SMILES string of the molecule is C[C@@H]1c2ccc(Br)cc2CN1C(=O)OC(C)(C)C. The Morgan fingerprint density at radius 2 is 2.11 bits per heavy atom. The van der Waals surface area contributed by atoms with E-state index in [1.165, 1.54) is 11.1 Å². The van der Waals surface area contributed by atoms with Gasteiger partial charge in [0.25, 0.3) is 0 Å². The van der Waals surface area contributed by atoms with Gasteiger partial charge in [-0.2, -0.15) is 0 Å². The molecule has 1 aromatic rings. The van der Waals surface area contributed by atoms with E-state index >= 15 is 0 Å². The molecule has 0 bridgehead atoms. The van der Waals surface area contributed by atoms with Crippen LogP contribution in [0.4, 0.5) is 4.79 Å². The number of halogens is 1. The molecule has 0 aromatic heterocycles. The van der Waals surface area contributed by atoms with Crippen molar-refractivity contribution in [2.45, 2.75) is 45.9 Å². The van der Waals surface area contributed by atoms with E-state index in [0.29, 0.717) is 6.54 Å². The number of benzene rings is 1. The first-order valence-corrected chi connectivity index (χ1v) is 6.85. The molecule has 1 heterocycles. The molecule has 2 rings (SSSR count). The number of nitrogens with zero attached hydrogens (tertiary/aromatic N) is 1. The Balaban J connectivity index is 2.18. The molecule has 0 saturated carbocycles. The van der Waals surface area contributed by atoms with Gasteiger partial charge < -0.3 is 4.74 Å². The summed E-state index contributed by atoms with van der Waals surface area (Å²) in [5, 5.41) is 0. The smallest absolute Gasteiger partial charge is 0.411 e. The van der Waals surface area contributed by atoms with Crippen LogP contribution in [0.2, 0.25) is 0 Å². The van der Waals surface area contributed by atoms with Crippen LogP contribution in [0.3, 0.4) is 0 Å². The quantitative estimate of drug-likeness (QED) is 0.716.